The van der Waals surface area contributed by atoms with E-state index in [1.165, 1.54) is 0 Å². The molecular weight excluding hydrogens is 254 g/mol. The van der Waals surface area contributed by atoms with Crippen LogP contribution in [0.3, 0.4) is 0 Å². The summed E-state index contributed by atoms with van der Waals surface area (Å²) in [7, 11) is -3.27. The number of rotatable bonds is 6. The van der Waals surface area contributed by atoms with Crippen molar-refractivity contribution in [2.24, 2.45) is 0 Å². The maximum Gasteiger partial charge on any atom is 0.213 e. The van der Waals surface area contributed by atoms with Crippen LogP contribution in [0.5, 0.6) is 0 Å². The first-order chi connectivity index (χ1) is 8.59. The largest absolute Gasteiger partial charge is 0.444 e. The van der Waals surface area contributed by atoms with Crippen molar-refractivity contribution in [2.75, 3.05) is 12.3 Å². The van der Waals surface area contributed by atoms with Gasteiger partial charge in [0.15, 0.2) is 0 Å². The van der Waals surface area contributed by atoms with E-state index in [1.807, 2.05) is 6.92 Å². The zero-order valence-electron chi connectivity index (χ0n) is 10.5. The molecule has 6 nitrogen and oxygen atoms in total. The number of aromatic nitrogens is 1. The third-order valence-electron chi connectivity index (χ3n) is 2.98. The molecule has 1 aromatic rings. The normalized spacial score (nSPS) is 20.4. The van der Waals surface area contributed by atoms with Crippen molar-refractivity contribution in [3.05, 3.63) is 17.8 Å². The van der Waals surface area contributed by atoms with Crippen molar-refractivity contribution < 1.29 is 12.8 Å². The Morgan fingerprint density at radius 1 is 1.61 bits per heavy atom. The van der Waals surface area contributed by atoms with Crippen molar-refractivity contribution in [2.45, 2.75) is 38.8 Å². The molecule has 18 heavy (non-hydrogen) atoms. The Hall–Kier alpha value is -0.920. The van der Waals surface area contributed by atoms with Crippen LogP contribution in [-0.4, -0.2) is 31.7 Å². The van der Waals surface area contributed by atoms with E-state index in [-0.39, 0.29) is 18.3 Å². The highest BCUT2D eigenvalue weighted by Gasteiger charge is 2.22. The fourth-order valence-corrected chi connectivity index (χ4v) is 3.26. The van der Waals surface area contributed by atoms with E-state index >= 15 is 0 Å². The van der Waals surface area contributed by atoms with Gasteiger partial charge >= 0.3 is 0 Å². The molecule has 1 aliphatic heterocycles. The predicted molar refractivity (Wildman–Crippen MR) is 67.5 cm³/mol. The fraction of sp³-hybridized carbons (Fsp3) is 0.727. The molecule has 102 valence electrons. The zero-order valence-corrected chi connectivity index (χ0v) is 11.3. The molecule has 0 saturated carbocycles. The smallest absolute Gasteiger partial charge is 0.213 e. The van der Waals surface area contributed by atoms with Gasteiger partial charge in [0.25, 0.3) is 0 Å². The van der Waals surface area contributed by atoms with Gasteiger partial charge in [-0.2, -0.15) is 0 Å². The number of aryl methyl sites for hydroxylation is 1. The van der Waals surface area contributed by atoms with Crippen LogP contribution in [0.4, 0.5) is 0 Å². The second kappa shape index (κ2) is 5.81. The van der Waals surface area contributed by atoms with Gasteiger partial charge in [-0.3, -0.25) is 0 Å². The summed E-state index contributed by atoms with van der Waals surface area (Å²) in [5, 5.41) is 3.17. The van der Waals surface area contributed by atoms with Crippen LogP contribution < -0.4 is 10.0 Å². The molecular formula is C11H19N3O3S. The highest BCUT2D eigenvalue weighted by molar-refractivity contribution is 7.89. The van der Waals surface area contributed by atoms with Gasteiger partial charge in [0.05, 0.1) is 18.5 Å². The Bertz CT molecular complexity index is 477. The lowest BCUT2D eigenvalue weighted by Gasteiger charge is -2.10. The lowest BCUT2D eigenvalue weighted by Crippen LogP contribution is -2.36. The minimum atomic E-state index is -3.27. The molecule has 0 radical (unpaired) electrons. The Morgan fingerprint density at radius 3 is 3.06 bits per heavy atom. The second-order valence-electron chi connectivity index (χ2n) is 4.47. The van der Waals surface area contributed by atoms with Crippen LogP contribution in [0.1, 0.15) is 31.4 Å². The van der Waals surface area contributed by atoms with E-state index in [0.717, 1.165) is 31.6 Å². The molecule has 1 unspecified atom stereocenters. The first-order valence-corrected chi connectivity index (χ1v) is 7.88. The molecule has 1 aromatic heterocycles. The van der Waals surface area contributed by atoms with Crippen LogP contribution >= 0.6 is 0 Å². The highest BCUT2D eigenvalue weighted by atomic mass is 32.2. The van der Waals surface area contributed by atoms with E-state index in [4.69, 9.17) is 4.42 Å². The highest BCUT2D eigenvalue weighted by Crippen LogP contribution is 2.08. The van der Waals surface area contributed by atoms with Gasteiger partial charge in [0.1, 0.15) is 5.76 Å². The monoisotopic (exact) mass is 273 g/mol. The third-order valence-corrected chi connectivity index (χ3v) is 4.40. The van der Waals surface area contributed by atoms with Gasteiger partial charge < -0.3 is 9.73 Å². The molecule has 1 saturated heterocycles. The summed E-state index contributed by atoms with van der Waals surface area (Å²) < 4.78 is 31.5. The van der Waals surface area contributed by atoms with Crippen LogP contribution in [0.2, 0.25) is 0 Å². The quantitative estimate of drug-likeness (QED) is 0.784. The van der Waals surface area contributed by atoms with Gasteiger partial charge in [-0.05, 0) is 19.4 Å². The molecule has 2 N–H and O–H groups in total. The Balaban J connectivity index is 1.84. The first kappa shape index (κ1) is 13.5. The molecule has 1 aliphatic rings. The molecule has 0 amide bonds. The summed E-state index contributed by atoms with van der Waals surface area (Å²) >= 11 is 0. The number of hydrogen-bond acceptors (Lipinski definition) is 5. The summed E-state index contributed by atoms with van der Waals surface area (Å²) in [6, 6.07) is 0.0678. The molecule has 2 heterocycles. The van der Waals surface area contributed by atoms with Gasteiger partial charge in [-0.15, -0.1) is 0 Å². The summed E-state index contributed by atoms with van der Waals surface area (Å²) in [6.45, 7) is 2.98. The van der Waals surface area contributed by atoms with Gasteiger partial charge in [-0.25, -0.2) is 18.1 Å². The van der Waals surface area contributed by atoms with Gasteiger partial charge in [0, 0.05) is 12.5 Å². The molecule has 1 atom stereocenters. The summed E-state index contributed by atoms with van der Waals surface area (Å²) in [4.78, 5) is 4.01. The first-order valence-electron chi connectivity index (χ1n) is 6.23. The zero-order chi connectivity index (χ0) is 13.0. The van der Waals surface area contributed by atoms with E-state index in [1.54, 1.807) is 6.20 Å². The fourth-order valence-electron chi connectivity index (χ4n) is 1.99. The second-order valence-corrected chi connectivity index (χ2v) is 6.32. The van der Waals surface area contributed by atoms with E-state index < -0.39 is 10.0 Å². The maximum atomic E-state index is 11.8. The average molecular weight is 273 g/mol. The van der Waals surface area contributed by atoms with Crippen LogP contribution in [0.25, 0.3) is 0 Å². The number of nitrogens with one attached hydrogen (secondary N) is 2. The Labute approximate surface area is 107 Å². The number of oxazole rings is 1. The summed E-state index contributed by atoms with van der Waals surface area (Å²) in [5.74, 6) is 1.30. The molecule has 2 rings (SSSR count). The third kappa shape index (κ3) is 3.79. The molecule has 1 fully saturated rings. The topological polar surface area (TPSA) is 84.2 Å². The number of hydrogen-bond donors (Lipinski definition) is 2. The maximum absolute atomic E-state index is 11.8. The SMILES string of the molecule is CCc1cnc(CNS(=O)(=O)CC2CCCN2)o1. The lowest BCUT2D eigenvalue weighted by molar-refractivity contribution is 0.451. The van der Waals surface area contributed by atoms with Gasteiger partial charge in [0.2, 0.25) is 15.9 Å². The van der Waals surface area contributed by atoms with Gasteiger partial charge in [-0.1, -0.05) is 6.92 Å². The van der Waals surface area contributed by atoms with Crippen molar-refractivity contribution in [1.82, 2.24) is 15.0 Å². The molecule has 0 spiro atoms. The number of sulfonamides is 1. The van der Waals surface area contributed by atoms with Crippen molar-refractivity contribution >= 4 is 10.0 Å². The average Bonchev–Trinajstić information content (AvgIpc) is 2.96. The van der Waals surface area contributed by atoms with Crippen LogP contribution in [-0.2, 0) is 23.0 Å². The molecule has 7 heteroatoms. The Kier molecular flexibility index (Phi) is 4.36. The lowest BCUT2D eigenvalue weighted by atomic mass is 10.3. The minimum absolute atomic E-state index is 0.0678. The predicted octanol–water partition coefficient (Wildman–Crippen LogP) is 0.408. The Morgan fingerprint density at radius 2 is 2.44 bits per heavy atom. The summed E-state index contributed by atoms with van der Waals surface area (Å²) in [6.07, 6.45) is 4.34. The van der Waals surface area contributed by atoms with E-state index in [0.29, 0.717) is 5.89 Å². The molecule has 0 bridgehead atoms. The summed E-state index contributed by atoms with van der Waals surface area (Å²) in [5.41, 5.74) is 0. The van der Waals surface area contributed by atoms with E-state index in [2.05, 4.69) is 15.0 Å². The number of nitrogens with zero attached hydrogens (tertiary/aromatic N) is 1. The van der Waals surface area contributed by atoms with Crippen molar-refractivity contribution in [3.8, 4) is 0 Å². The van der Waals surface area contributed by atoms with Crippen LogP contribution in [0.15, 0.2) is 10.6 Å². The minimum Gasteiger partial charge on any atom is -0.444 e. The van der Waals surface area contributed by atoms with Crippen LogP contribution in [0, 0.1) is 0 Å². The van der Waals surface area contributed by atoms with E-state index in [9.17, 15) is 8.42 Å². The molecule has 0 aliphatic carbocycles. The van der Waals surface area contributed by atoms with Crippen molar-refractivity contribution in [3.63, 3.8) is 0 Å². The standard InChI is InChI=1S/C11H19N3O3S/c1-2-10-6-13-11(17-10)7-14-18(15,16)8-9-4-3-5-12-9/h6,9,12,14H,2-5,7-8H2,1H3. The van der Waals surface area contributed by atoms with Crippen molar-refractivity contribution in [1.29, 1.82) is 0 Å². The molecule has 0 aromatic carbocycles.